The van der Waals surface area contributed by atoms with Gasteiger partial charge in [0, 0.05) is 54.6 Å². The van der Waals surface area contributed by atoms with Gasteiger partial charge in [-0.1, -0.05) is 249 Å². The highest BCUT2D eigenvalue weighted by Gasteiger charge is 2.42. The van der Waals surface area contributed by atoms with Crippen LogP contribution >= 0.6 is 0 Å². The minimum Gasteiger partial charge on any atom is -0.309 e. The molecule has 0 radical (unpaired) electrons. The van der Waals surface area contributed by atoms with Gasteiger partial charge in [-0.15, -0.1) is 0 Å². The zero-order valence-electron chi connectivity index (χ0n) is 41.6. The van der Waals surface area contributed by atoms with E-state index < -0.39 is 8.07 Å². The van der Waals surface area contributed by atoms with Gasteiger partial charge in [0.1, 0.15) is 0 Å². The average molecular weight is 984 g/mol. The van der Waals surface area contributed by atoms with Crippen molar-refractivity contribution in [2.45, 2.75) is 0 Å². The van der Waals surface area contributed by atoms with Gasteiger partial charge in [0.15, 0.2) is 8.07 Å². The summed E-state index contributed by atoms with van der Waals surface area (Å²) in [7, 11) is -3.01. The first kappa shape index (κ1) is 43.8. The Morgan fingerprint density at radius 1 is 0.197 bits per heavy atom. The molecular weight excluding hydrogens is 935 g/mol. The molecule has 4 heteroatoms. The molecule has 356 valence electrons. The normalized spacial score (nSPS) is 11.9. The van der Waals surface area contributed by atoms with Crippen LogP contribution in [-0.2, 0) is 0 Å². The third-order valence-electron chi connectivity index (χ3n) is 16.0. The van der Waals surface area contributed by atoms with Gasteiger partial charge in [0.2, 0.25) is 0 Å². The van der Waals surface area contributed by atoms with Crippen LogP contribution in [0.25, 0.3) is 105 Å². The molecule has 0 aliphatic rings. The number of fused-ring (bicyclic) bond motifs is 9. The van der Waals surface area contributed by atoms with Gasteiger partial charge in [0.25, 0.3) is 0 Å². The van der Waals surface area contributed by atoms with Crippen molar-refractivity contribution in [2.75, 3.05) is 0 Å². The van der Waals surface area contributed by atoms with Crippen LogP contribution in [0.5, 0.6) is 0 Å². The van der Waals surface area contributed by atoms with Gasteiger partial charge >= 0.3 is 0 Å². The number of nitrogens with zero attached hydrogens (tertiary/aromatic N) is 3. The third kappa shape index (κ3) is 6.54. The molecule has 0 aliphatic carbocycles. The molecular formula is C72H49N3Si. The molecule has 15 aromatic rings. The Hall–Kier alpha value is -9.74. The Balaban J connectivity index is 1.11. The van der Waals surface area contributed by atoms with E-state index in [0.29, 0.717) is 0 Å². The van der Waals surface area contributed by atoms with Gasteiger partial charge in [-0.25, -0.2) is 0 Å². The third-order valence-corrected chi connectivity index (χ3v) is 20.8. The SMILES string of the molecule is c1ccc([Si](c2ccccc2)(c2ccccc2)c2ccc(-c3cccc(-c4ccccc4-n4c5ccccc5c5ccccc54)c3-n3c4ccccc4c4ccccc43)c(-n3c4ccccc4c4ccccc43)c2)cc1. The maximum absolute atomic E-state index is 3.01. The summed E-state index contributed by atoms with van der Waals surface area (Å²) in [6, 6.07) is 111. The topological polar surface area (TPSA) is 14.8 Å². The summed E-state index contributed by atoms with van der Waals surface area (Å²) in [6.45, 7) is 0. The van der Waals surface area contributed by atoms with Crippen LogP contribution in [0, 0.1) is 0 Å². The molecule has 12 aromatic carbocycles. The number of para-hydroxylation sites is 8. The molecule has 0 saturated heterocycles. The summed E-state index contributed by atoms with van der Waals surface area (Å²) in [5.41, 5.74) is 14.9. The first-order valence-corrected chi connectivity index (χ1v) is 28.3. The van der Waals surface area contributed by atoms with Crippen LogP contribution in [0.2, 0.25) is 0 Å². The largest absolute Gasteiger partial charge is 0.309 e. The van der Waals surface area contributed by atoms with Crippen molar-refractivity contribution in [1.82, 2.24) is 13.7 Å². The smallest absolute Gasteiger partial charge is 0.179 e. The highest BCUT2D eigenvalue weighted by atomic mass is 28.3. The molecule has 0 fully saturated rings. The van der Waals surface area contributed by atoms with E-state index >= 15 is 0 Å². The number of hydrogen-bond acceptors (Lipinski definition) is 0. The minimum atomic E-state index is -3.01. The van der Waals surface area contributed by atoms with Crippen LogP contribution in [0.15, 0.2) is 297 Å². The number of rotatable bonds is 9. The summed E-state index contributed by atoms with van der Waals surface area (Å²) >= 11 is 0. The predicted octanol–water partition coefficient (Wildman–Crippen LogP) is 15.7. The van der Waals surface area contributed by atoms with E-state index in [1.54, 1.807) is 0 Å². The lowest BCUT2D eigenvalue weighted by Gasteiger charge is -2.35. The van der Waals surface area contributed by atoms with E-state index in [0.717, 1.165) is 50.3 Å². The van der Waals surface area contributed by atoms with Gasteiger partial charge in [-0.05, 0) is 69.3 Å². The van der Waals surface area contributed by atoms with E-state index in [1.165, 1.54) is 75.1 Å². The predicted molar refractivity (Wildman–Crippen MR) is 324 cm³/mol. The monoisotopic (exact) mass is 983 g/mol. The summed E-state index contributed by atoms with van der Waals surface area (Å²) in [5.74, 6) is 0. The molecule has 0 N–H and O–H groups in total. The van der Waals surface area contributed by atoms with Crippen molar-refractivity contribution in [2.24, 2.45) is 0 Å². The van der Waals surface area contributed by atoms with Crippen molar-refractivity contribution in [3.05, 3.63) is 297 Å². The maximum atomic E-state index is 2.57. The fourth-order valence-electron chi connectivity index (χ4n) is 12.9. The second-order valence-electron chi connectivity index (χ2n) is 19.9. The fraction of sp³-hybridized carbons (Fsp3) is 0. The van der Waals surface area contributed by atoms with Crippen LogP contribution in [0.1, 0.15) is 0 Å². The van der Waals surface area contributed by atoms with E-state index in [9.17, 15) is 0 Å². The molecule has 0 atom stereocenters. The highest BCUT2D eigenvalue weighted by molar-refractivity contribution is 7.20. The van der Waals surface area contributed by atoms with Gasteiger partial charge in [0.05, 0.1) is 50.2 Å². The maximum Gasteiger partial charge on any atom is 0.179 e. The Morgan fingerprint density at radius 3 is 0.908 bits per heavy atom. The lowest BCUT2D eigenvalue weighted by Crippen LogP contribution is -2.74. The zero-order valence-corrected chi connectivity index (χ0v) is 42.6. The van der Waals surface area contributed by atoms with Crippen LogP contribution in [-0.4, -0.2) is 21.8 Å². The Bertz CT molecular complexity index is 4440. The van der Waals surface area contributed by atoms with Crippen molar-refractivity contribution in [3.8, 4) is 39.3 Å². The molecule has 3 heterocycles. The number of aromatic nitrogens is 3. The second kappa shape index (κ2) is 17.7. The molecule has 3 nitrogen and oxygen atoms in total. The molecule has 0 bridgehead atoms. The molecule has 76 heavy (non-hydrogen) atoms. The Kier molecular flexibility index (Phi) is 10.2. The molecule has 0 aliphatic heterocycles. The van der Waals surface area contributed by atoms with Crippen LogP contribution < -0.4 is 20.7 Å². The molecule has 0 spiro atoms. The number of benzene rings is 12. The van der Waals surface area contributed by atoms with Crippen LogP contribution in [0.4, 0.5) is 0 Å². The van der Waals surface area contributed by atoms with E-state index in [4.69, 9.17) is 0 Å². The Labute approximate surface area is 442 Å². The van der Waals surface area contributed by atoms with E-state index in [1.807, 2.05) is 0 Å². The molecule has 15 rings (SSSR count). The van der Waals surface area contributed by atoms with Gasteiger partial charge < -0.3 is 13.7 Å². The van der Waals surface area contributed by atoms with Crippen molar-refractivity contribution >= 4 is 94.2 Å². The lowest BCUT2D eigenvalue weighted by molar-refractivity contribution is 1.15. The average Bonchev–Trinajstić information content (AvgIpc) is 4.23. The van der Waals surface area contributed by atoms with Gasteiger partial charge in [-0.2, -0.15) is 0 Å². The highest BCUT2D eigenvalue weighted by Crippen LogP contribution is 2.46. The summed E-state index contributed by atoms with van der Waals surface area (Å²) in [5, 5.41) is 12.7. The zero-order chi connectivity index (χ0) is 50.2. The molecule has 0 saturated carbocycles. The lowest BCUT2D eigenvalue weighted by atomic mass is 9.93. The Morgan fingerprint density at radius 2 is 0.500 bits per heavy atom. The van der Waals surface area contributed by atoms with E-state index in [-0.39, 0.29) is 0 Å². The van der Waals surface area contributed by atoms with Crippen molar-refractivity contribution < 1.29 is 0 Å². The summed E-state index contributed by atoms with van der Waals surface area (Å²) in [6.07, 6.45) is 0. The van der Waals surface area contributed by atoms with E-state index in [2.05, 4.69) is 311 Å². The quantitative estimate of drug-likeness (QED) is 0.101. The second-order valence-corrected chi connectivity index (χ2v) is 23.7. The number of hydrogen-bond donors (Lipinski definition) is 0. The van der Waals surface area contributed by atoms with Crippen LogP contribution in [0.3, 0.4) is 0 Å². The minimum absolute atomic E-state index is 1.13. The summed E-state index contributed by atoms with van der Waals surface area (Å²) in [4.78, 5) is 0. The van der Waals surface area contributed by atoms with Gasteiger partial charge in [-0.3, -0.25) is 0 Å². The fourth-order valence-corrected chi connectivity index (χ4v) is 17.6. The first-order chi connectivity index (χ1) is 37.8. The molecule has 0 unspecified atom stereocenters. The standard InChI is InChI=1S/C72H49N3Si/c1-4-25-50(26-5-1)76(51-27-6-2-7-28-51,52-29-8-3-9-30-52)53-47-48-61(71(49-53)74-66-42-19-12-33-56(66)57-34-13-20-43-67(57)74)63-39-24-38-62(72(63)75-69-45-22-14-35-58(69)59-36-15-23-46-70(59)75)60-37-16-21-44-68(60)73-64-40-17-10-31-54(64)55-32-11-18-41-65(55)73/h1-49H. The molecule has 3 aromatic heterocycles. The van der Waals surface area contributed by atoms with Crippen molar-refractivity contribution in [3.63, 3.8) is 0 Å². The summed E-state index contributed by atoms with van der Waals surface area (Å²) < 4.78 is 7.58. The molecule has 0 amide bonds. The first-order valence-electron chi connectivity index (χ1n) is 26.3. The van der Waals surface area contributed by atoms with Crippen molar-refractivity contribution in [1.29, 1.82) is 0 Å².